The summed E-state index contributed by atoms with van der Waals surface area (Å²) in [5.74, 6) is -0.291. The second kappa shape index (κ2) is 14.2. The molecular formula is C32H38BrN3O5S. The number of benzene rings is 3. The number of aryl methyl sites for hydroxylation is 1. The second-order valence-electron chi connectivity index (χ2n) is 10.7. The largest absolute Gasteiger partial charge is 0.497 e. The van der Waals surface area contributed by atoms with Crippen molar-refractivity contribution >= 4 is 43.5 Å². The number of nitrogens with zero attached hydrogens (tertiary/aromatic N) is 2. The number of sulfonamides is 1. The molecule has 0 heterocycles. The average molecular weight is 657 g/mol. The fourth-order valence-corrected chi connectivity index (χ4v) is 6.74. The van der Waals surface area contributed by atoms with Gasteiger partial charge in [0.15, 0.2) is 0 Å². The molecule has 1 fully saturated rings. The van der Waals surface area contributed by atoms with Gasteiger partial charge in [-0.15, -0.1) is 0 Å². The molecule has 1 aliphatic carbocycles. The Morgan fingerprint density at radius 2 is 1.67 bits per heavy atom. The van der Waals surface area contributed by atoms with Gasteiger partial charge in [0.05, 0.1) is 17.7 Å². The molecule has 8 nitrogen and oxygen atoms in total. The lowest BCUT2D eigenvalue weighted by Gasteiger charge is -2.33. The monoisotopic (exact) mass is 655 g/mol. The van der Waals surface area contributed by atoms with Crippen LogP contribution in [0.4, 0.5) is 5.69 Å². The lowest BCUT2D eigenvalue weighted by molar-refractivity contribution is -0.139. The van der Waals surface area contributed by atoms with E-state index in [1.165, 1.54) is 24.1 Å². The van der Waals surface area contributed by atoms with E-state index in [0.29, 0.717) is 5.75 Å². The number of carbonyl (C=O) groups is 2. The molecular weight excluding hydrogens is 618 g/mol. The van der Waals surface area contributed by atoms with Gasteiger partial charge in [0, 0.05) is 23.1 Å². The van der Waals surface area contributed by atoms with Gasteiger partial charge in [0.2, 0.25) is 11.8 Å². The van der Waals surface area contributed by atoms with Crippen LogP contribution in [0.1, 0.15) is 50.2 Å². The fraction of sp³-hybridized carbons (Fsp3) is 0.375. The van der Waals surface area contributed by atoms with Crippen molar-refractivity contribution in [2.45, 2.75) is 69.5 Å². The lowest BCUT2D eigenvalue weighted by atomic mass is 9.95. The summed E-state index contributed by atoms with van der Waals surface area (Å²) in [6, 6.07) is 19.8. The molecule has 10 heteroatoms. The number of hydrogen-bond acceptors (Lipinski definition) is 5. The molecule has 0 aliphatic heterocycles. The van der Waals surface area contributed by atoms with E-state index in [0.717, 1.165) is 52.0 Å². The smallest absolute Gasteiger partial charge is 0.264 e. The average Bonchev–Trinajstić information content (AvgIpc) is 2.99. The van der Waals surface area contributed by atoms with Gasteiger partial charge < -0.3 is 15.0 Å². The van der Waals surface area contributed by atoms with Crippen molar-refractivity contribution in [3.63, 3.8) is 0 Å². The maximum atomic E-state index is 14.1. The molecule has 224 valence electrons. The van der Waals surface area contributed by atoms with Crippen LogP contribution in [-0.4, -0.2) is 50.9 Å². The fourth-order valence-electron chi connectivity index (χ4n) is 5.07. The topological polar surface area (TPSA) is 96.0 Å². The molecule has 0 unspecified atom stereocenters. The molecule has 3 aromatic rings. The molecule has 1 atom stereocenters. The second-order valence-corrected chi connectivity index (χ2v) is 13.5. The summed E-state index contributed by atoms with van der Waals surface area (Å²) in [7, 11) is -2.65. The van der Waals surface area contributed by atoms with Crippen molar-refractivity contribution < 1.29 is 22.7 Å². The first-order chi connectivity index (χ1) is 20.1. The number of carbonyl (C=O) groups excluding carboxylic acids is 2. The Morgan fingerprint density at radius 1 is 1.00 bits per heavy atom. The van der Waals surface area contributed by atoms with Crippen LogP contribution in [0.25, 0.3) is 0 Å². The van der Waals surface area contributed by atoms with Crippen LogP contribution in [0, 0.1) is 6.92 Å². The van der Waals surface area contributed by atoms with E-state index >= 15 is 0 Å². The summed E-state index contributed by atoms with van der Waals surface area (Å²) in [5.41, 5.74) is 2.01. The first kappa shape index (κ1) is 31.6. The molecule has 0 bridgehead atoms. The first-order valence-electron chi connectivity index (χ1n) is 14.2. The van der Waals surface area contributed by atoms with Crippen molar-refractivity contribution in [1.29, 1.82) is 0 Å². The standard InChI is InChI=1S/C32H38BrN3O5S/c1-23-12-18-30(19-13-23)42(39,40)36(28-10-7-11-29(20-28)41-3)22-31(37)35(21-25-14-16-26(33)17-15-25)24(2)32(38)34-27-8-5-4-6-9-27/h7,10-20,24,27H,4-6,8-9,21-22H2,1-3H3,(H,34,38)/t24-/m1/s1. The number of nitrogens with one attached hydrogen (secondary N) is 1. The third-order valence-corrected chi connectivity index (χ3v) is 9.93. The molecule has 1 saturated carbocycles. The molecule has 0 aromatic heterocycles. The minimum Gasteiger partial charge on any atom is -0.497 e. The van der Waals surface area contributed by atoms with Gasteiger partial charge in [-0.25, -0.2) is 8.42 Å². The minimum atomic E-state index is -4.15. The highest BCUT2D eigenvalue weighted by molar-refractivity contribution is 9.10. The predicted molar refractivity (Wildman–Crippen MR) is 168 cm³/mol. The van der Waals surface area contributed by atoms with Gasteiger partial charge in [0.1, 0.15) is 18.3 Å². The molecule has 1 aliphatic rings. The summed E-state index contributed by atoms with van der Waals surface area (Å²) < 4.78 is 35.3. The highest BCUT2D eigenvalue weighted by atomic mass is 79.9. The third-order valence-electron chi connectivity index (χ3n) is 7.61. The van der Waals surface area contributed by atoms with Gasteiger partial charge in [-0.2, -0.15) is 0 Å². The summed E-state index contributed by atoms with van der Waals surface area (Å²) in [5, 5.41) is 3.12. The number of hydrogen-bond donors (Lipinski definition) is 1. The summed E-state index contributed by atoms with van der Waals surface area (Å²) in [4.78, 5) is 29.1. The van der Waals surface area contributed by atoms with Gasteiger partial charge in [-0.1, -0.05) is 71.1 Å². The number of rotatable bonds is 11. The molecule has 2 amide bonds. The van der Waals surface area contributed by atoms with Crippen LogP contribution in [-0.2, 0) is 26.2 Å². The Morgan fingerprint density at radius 3 is 2.31 bits per heavy atom. The Hall–Kier alpha value is -3.37. The summed E-state index contributed by atoms with van der Waals surface area (Å²) in [6.07, 6.45) is 5.11. The number of anilines is 1. The van der Waals surface area contributed by atoms with Gasteiger partial charge in [-0.05, 0) is 68.7 Å². The Kier molecular flexibility index (Phi) is 10.7. The van der Waals surface area contributed by atoms with E-state index in [-0.39, 0.29) is 29.1 Å². The SMILES string of the molecule is COc1cccc(N(CC(=O)N(Cc2ccc(Br)cc2)[C@H](C)C(=O)NC2CCCCC2)S(=O)(=O)c2ccc(C)cc2)c1. The number of halogens is 1. The van der Waals surface area contributed by atoms with Crippen molar-refractivity contribution in [3.8, 4) is 5.75 Å². The normalized spacial score (nSPS) is 14.6. The number of amides is 2. The van der Waals surface area contributed by atoms with E-state index < -0.39 is 28.5 Å². The molecule has 1 N–H and O–H groups in total. The van der Waals surface area contributed by atoms with E-state index in [4.69, 9.17) is 4.74 Å². The van der Waals surface area contributed by atoms with Gasteiger partial charge >= 0.3 is 0 Å². The quantitative estimate of drug-likeness (QED) is 0.281. The molecule has 3 aromatic carbocycles. The molecule has 0 spiro atoms. The summed E-state index contributed by atoms with van der Waals surface area (Å²) in [6.45, 7) is 3.21. The molecule has 0 radical (unpaired) electrons. The first-order valence-corrected chi connectivity index (χ1v) is 16.4. The molecule has 0 saturated heterocycles. The van der Waals surface area contributed by atoms with Crippen LogP contribution in [0.3, 0.4) is 0 Å². The molecule has 4 rings (SSSR count). The van der Waals surface area contributed by atoms with E-state index in [9.17, 15) is 18.0 Å². The minimum absolute atomic E-state index is 0.0614. The van der Waals surface area contributed by atoms with Gasteiger partial charge in [-0.3, -0.25) is 13.9 Å². The zero-order valence-corrected chi connectivity index (χ0v) is 26.7. The Labute approximate surface area is 257 Å². The van der Waals surface area contributed by atoms with Crippen LogP contribution in [0.15, 0.2) is 82.2 Å². The van der Waals surface area contributed by atoms with Crippen molar-refractivity contribution in [1.82, 2.24) is 10.2 Å². The predicted octanol–water partition coefficient (Wildman–Crippen LogP) is 5.83. The van der Waals surface area contributed by atoms with E-state index in [1.807, 2.05) is 31.2 Å². The third kappa shape index (κ3) is 7.92. The van der Waals surface area contributed by atoms with Gasteiger partial charge in [0.25, 0.3) is 10.0 Å². The highest BCUT2D eigenvalue weighted by Crippen LogP contribution is 2.28. The maximum absolute atomic E-state index is 14.1. The lowest BCUT2D eigenvalue weighted by Crippen LogP contribution is -2.53. The molecule has 42 heavy (non-hydrogen) atoms. The van der Waals surface area contributed by atoms with Crippen LogP contribution >= 0.6 is 15.9 Å². The highest BCUT2D eigenvalue weighted by Gasteiger charge is 2.33. The number of methoxy groups -OCH3 is 1. The summed E-state index contributed by atoms with van der Waals surface area (Å²) >= 11 is 3.44. The van der Waals surface area contributed by atoms with Crippen LogP contribution in [0.2, 0.25) is 0 Å². The Bertz CT molecular complexity index is 1470. The van der Waals surface area contributed by atoms with E-state index in [1.54, 1.807) is 43.3 Å². The van der Waals surface area contributed by atoms with Crippen LogP contribution in [0.5, 0.6) is 5.75 Å². The zero-order chi connectivity index (χ0) is 30.3. The zero-order valence-electron chi connectivity index (χ0n) is 24.3. The Balaban J connectivity index is 1.68. The maximum Gasteiger partial charge on any atom is 0.264 e. The van der Waals surface area contributed by atoms with Crippen LogP contribution < -0.4 is 14.4 Å². The van der Waals surface area contributed by atoms with Crippen molar-refractivity contribution in [2.24, 2.45) is 0 Å². The van der Waals surface area contributed by atoms with E-state index in [2.05, 4.69) is 21.2 Å². The number of ether oxygens (including phenoxy) is 1. The van der Waals surface area contributed by atoms with Crippen molar-refractivity contribution in [2.75, 3.05) is 18.0 Å². The van der Waals surface area contributed by atoms with Crippen molar-refractivity contribution in [3.05, 3.63) is 88.4 Å².